The second kappa shape index (κ2) is 7.90. The summed E-state index contributed by atoms with van der Waals surface area (Å²) in [6.07, 6.45) is 0. The van der Waals surface area contributed by atoms with E-state index >= 15 is 0 Å². The van der Waals surface area contributed by atoms with E-state index in [4.69, 9.17) is 0 Å². The number of hydrogen-bond donors (Lipinski definition) is 0. The van der Waals surface area contributed by atoms with Crippen LogP contribution < -0.4 is 0 Å². The molecule has 0 N–H and O–H groups in total. The average Bonchev–Trinajstić information content (AvgIpc) is 2.68. The van der Waals surface area contributed by atoms with Gasteiger partial charge in [-0.25, -0.2) is 9.78 Å². The number of aromatic nitrogens is 1. The van der Waals surface area contributed by atoms with Gasteiger partial charge in [-0.15, -0.1) is 0 Å². The molecule has 1 aliphatic rings. The molecule has 1 amide bonds. The highest BCUT2D eigenvalue weighted by molar-refractivity contribution is 5.94. The maximum Gasteiger partial charge on any atom is 0.356 e. The number of carbonyl (C=O) groups excluding carboxylic acids is 2. The van der Waals surface area contributed by atoms with Crippen molar-refractivity contribution in [1.29, 1.82) is 0 Å². The number of hydrogen-bond acceptors (Lipinski definition) is 5. The van der Waals surface area contributed by atoms with Crippen molar-refractivity contribution in [2.45, 2.75) is 6.54 Å². The predicted octanol–water partition coefficient (Wildman–Crippen LogP) is 1.83. The first-order chi connectivity index (χ1) is 12.2. The Bertz CT molecular complexity index is 741. The van der Waals surface area contributed by atoms with Crippen LogP contribution in [0, 0.1) is 0 Å². The van der Waals surface area contributed by atoms with Crippen molar-refractivity contribution in [3.05, 3.63) is 65.5 Å². The largest absolute Gasteiger partial charge is 0.464 e. The molecule has 1 fully saturated rings. The van der Waals surface area contributed by atoms with Crippen LogP contribution in [0.15, 0.2) is 48.5 Å². The molecule has 0 spiro atoms. The number of amides is 1. The first-order valence-electron chi connectivity index (χ1n) is 8.28. The first kappa shape index (κ1) is 17.1. The van der Waals surface area contributed by atoms with E-state index in [0.29, 0.717) is 13.1 Å². The topological polar surface area (TPSA) is 62.7 Å². The average molecular weight is 339 g/mol. The molecule has 25 heavy (non-hydrogen) atoms. The number of rotatable bonds is 4. The van der Waals surface area contributed by atoms with Crippen LogP contribution in [-0.4, -0.2) is 59.9 Å². The highest BCUT2D eigenvalue weighted by Crippen LogP contribution is 2.11. The second-order valence-corrected chi connectivity index (χ2v) is 5.95. The van der Waals surface area contributed by atoms with Crippen molar-refractivity contribution < 1.29 is 14.3 Å². The number of piperazine rings is 1. The number of pyridine rings is 1. The van der Waals surface area contributed by atoms with Gasteiger partial charge in [-0.1, -0.05) is 36.4 Å². The molecule has 2 heterocycles. The highest BCUT2D eigenvalue weighted by atomic mass is 16.5. The van der Waals surface area contributed by atoms with Gasteiger partial charge in [0.1, 0.15) is 11.4 Å². The minimum atomic E-state index is -0.540. The van der Waals surface area contributed by atoms with Gasteiger partial charge >= 0.3 is 5.97 Å². The zero-order chi connectivity index (χ0) is 17.6. The first-order valence-corrected chi connectivity index (χ1v) is 8.28. The predicted molar refractivity (Wildman–Crippen MR) is 93.2 cm³/mol. The summed E-state index contributed by atoms with van der Waals surface area (Å²) in [6.45, 7) is 3.82. The lowest BCUT2D eigenvalue weighted by atomic mass is 10.2. The van der Waals surface area contributed by atoms with Crippen molar-refractivity contribution in [1.82, 2.24) is 14.8 Å². The van der Waals surface area contributed by atoms with E-state index in [1.165, 1.54) is 12.7 Å². The highest BCUT2D eigenvalue weighted by Gasteiger charge is 2.23. The summed E-state index contributed by atoms with van der Waals surface area (Å²) in [5.41, 5.74) is 1.70. The van der Waals surface area contributed by atoms with Crippen LogP contribution in [0.1, 0.15) is 26.5 Å². The molecule has 3 rings (SSSR count). The molecule has 1 aromatic carbocycles. The molecule has 0 bridgehead atoms. The number of nitrogens with zero attached hydrogens (tertiary/aromatic N) is 3. The fourth-order valence-corrected chi connectivity index (χ4v) is 2.88. The summed E-state index contributed by atoms with van der Waals surface area (Å²) < 4.78 is 4.65. The standard InChI is InChI=1S/C19H21N3O3/c1-25-19(24)17-9-5-8-16(20-17)18(23)22-12-10-21(11-13-22)14-15-6-3-2-4-7-15/h2-9H,10-14H2,1H3. The summed E-state index contributed by atoms with van der Waals surface area (Å²) in [5, 5.41) is 0. The number of benzene rings is 1. The zero-order valence-corrected chi connectivity index (χ0v) is 14.2. The van der Waals surface area contributed by atoms with Crippen molar-refractivity contribution in [2.24, 2.45) is 0 Å². The smallest absolute Gasteiger partial charge is 0.356 e. The van der Waals surface area contributed by atoms with Crippen LogP contribution in [0.25, 0.3) is 0 Å². The molecule has 0 atom stereocenters. The van der Waals surface area contributed by atoms with Gasteiger partial charge < -0.3 is 9.64 Å². The molecular formula is C19H21N3O3. The van der Waals surface area contributed by atoms with Crippen LogP contribution in [0.2, 0.25) is 0 Å². The van der Waals surface area contributed by atoms with Crippen LogP contribution in [-0.2, 0) is 11.3 Å². The molecule has 2 aromatic rings. The third kappa shape index (κ3) is 4.22. The lowest BCUT2D eigenvalue weighted by Crippen LogP contribution is -2.48. The number of carbonyl (C=O) groups is 2. The van der Waals surface area contributed by atoms with E-state index in [9.17, 15) is 9.59 Å². The number of esters is 1. The summed E-state index contributed by atoms with van der Waals surface area (Å²) in [4.78, 5) is 32.4. The fraction of sp³-hybridized carbons (Fsp3) is 0.316. The molecule has 1 saturated heterocycles. The van der Waals surface area contributed by atoms with Gasteiger partial charge in [0.25, 0.3) is 5.91 Å². The lowest BCUT2D eigenvalue weighted by molar-refractivity contribution is 0.0592. The molecule has 1 aliphatic heterocycles. The van der Waals surface area contributed by atoms with Gasteiger partial charge in [0, 0.05) is 32.7 Å². The van der Waals surface area contributed by atoms with Gasteiger partial charge in [-0.3, -0.25) is 9.69 Å². The molecule has 0 unspecified atom stereocenters. The number of ether oxygens (including phenoxy) is 1. The van der Waals surface area contributed by atoms with Crippen molar-refractivity contribution in [2.75, 3.05) is 33.3 Å². The van der Waals surface area contributed by atoms with Crippen LogP contribution in [0.4, 0.5) is 0 Å². The number of methoxy groups -OCH3 is 1. The van der Waals surface area contributed by atoms with Crippen LogP contribution >= 0.6 is 0 Å². The maximum absolute atomic E-state index is 12.6. The van der Waals surface area contributed by atoms with Crippen LogP contribution in [0.5, 0.6) is 0 Å². The molecule has 0 radical (unpaired) electrons. The van der Waals surface area contributed by atoms with Crippen molar-refractivity contribution in [3.63, 3.8) is 0 Å². The Balaban J connectivity index is 1.59. The minimum Gasteiger partial charge on any atom is -0.464 e. The summed E-state index contributed by atoms with van der Waals surface area (Å²) in [5.74, 6) is -0.688. The third-order valence-electron chi connectivity index (χ3n) is 4.27. The monoisotopic (exact) mass is 339 g/mol. The second-order valence-electron chi connectivity index (χ2n) is 5.95. The van der Waals surface area contributed by atoms with Gasteiger partial charge in [-0.2, -0.15) is 0 Å². The van der Waals surface area contributed by atoms with E-state index in [1.807, 2.05) is 18.2 Å². The van der Waals surface area contributed by atoms with Gasteiger partial charge in [0.05, 0.1) is 7.11 Å². The van der Waals surface area contributed by atoms with Gasteiger partial charge in [0.2, 0.25) is 0 Å². The minimum absolute atomic E-state index is 0.148. The Labute approximate surface area is 147 Å². The van der Waals surface area contributed by atoms with E-state index in [2.05, 4.69) is 26.8 Å². The van der Waals surface area contributed by atoms with E-state index in [0.717, 1.165) is 19.6 Å². The van der Waals surface area contributed by atoms with E-state index in [-0.39, 0.29) is 17.3 Å². The molecule has 6 heteroatoms. The van der Waals surface area contributed by atoms with Gasteiger partial charge in [0.15, 0.2) is 0 Å². The van der Waals surface area contributed by atoms with Crippen molar-refractivity contribution >= 4 is 11.9 Å². The quantitative estimate of drug-likeness (QED) is 0.795. The Morgan fingerprint density at radius 1 is 0.960 bits per heavy atom. The lowest BCUT2D eigenvalue weighted by Gasteiger charge is -2.34. The SMILES string of the molecule is COC(=O)c1cccc(C(=O)N2CCN(Cc3ccccc3)CC2)n1. The zero-order valence-electron chi connectivity index (χ0n) is 14.2. The molecule has 1 aromatic heterocycles. The maximum atomic E-state index is 12.6. The molecule has 0 aliphatic carbocycles. The van der Waals surface area contributed by atoms with E-state index < -0.39 is 5.97 Å². The summed E-state index contributed by atoms with van der Waals surface area (Å²) in [7, 11) is 1.30. The summed E-state index contributed by atoms with van der Waals surface area (Å²) >= 11 is 0. The normalized spacial score (nSPS) is 15.0. The fourth-order valence-electron chi connectivity index (χ4n) is 2.88. The van der Waals surface area contributed by atoms with Crippen LogP contribution in [0.3, 0.4) is 0 Å². The molecule has 6 nitrogen and oxygen atoms in total. The Hall–Kier alpha value is -2.73. The molecule has 0 saturated carbocycles. The van der Waals surface area contributed by atoms with Crippen molar-refractivity contribution in [3.8, 4) is 0 Å². The summed E-state index contributed by atoms with van der Waals surface area (Å²) in [6, 6.07) is 15.1. The Morgan fingerprint density at radius 3 is 2.32 bits per heavy atom. The Kier molecular flexibility index (Phi) is 5.40. The van der Waals surface area contributed by atoms with E-state index in [1.54, 1.807) is 23.1 Å². The third-order valence-corrected chi connectivity index (χ3v) is 4.27. The molecular weight excluding hydrogens is 318 g/mol. The van der Waals surface area contributed by atoms with Gasteiger partial charge in [-0.05, 0) is 17.7 Å². The molecule has 130 valence electrons. The Morgan fingerprint density at radius 2 is 1.64 bits per heavy atom.